The van der Waals surface area contributed by atoms with Gasteiger partial charge >= 0.3 is 11.9 Å². The third-order valence-electron chi connectivity index (χ3n) is 7.49. The van der Waals surface area contributed by atoms with E-state index in [9.17, 15) is 24.0 Å². The van der Waals surface area contributed by atoms with Crippen LogP contribution in [-0.4, -0.2) is 56.4 Å². The van der Waals surface area contributed by atoms with Crippen LogP contribution >= 0.6 is 0 Å². The SMILES string of the molecule is CCCCCCCOc1ccc(C(=O)Oc2ccc(CC(NC(=O)c3ccc(NC(=O)CCC(=O)OC)cc3)C(C)=O)cc2OC)cc1. The van der Waals surface area contributed by atoms with Crippen LogP contribution in [0, 0.1) is 0 Å². The lowest BCUT2D eigenvalue weighted by atomic mass is 10.0. The number of ether oxygens (including phenoxy) is 4. The molecule has 11 heteroatoms. The molecular formula is C37H44N2O9. The maximum absolute atomic E-state index is 13.0. The Bertz CT molecular complexity index is 1540. The van der Waals surface area contributed by atoms with E-state index in [0.717, 1.165) is 12.8 Å². The molecule has 0 heterocycles. The van der Waals surface area contributed by atoms with Gasteiger partial charge in [-0.25, -0.2) is 4.79 Å². The zero-order chi connectivity index (χ0) is 34.9. The van der Waals surface area contributed by atoms with Gasteiger partial charge in [0.15, 0.2) is 17.3 Å². The van der Waals surface area contributed by atoms with Crippen LogP contribution in [0.3, 0.4) is 0 Å². The second-order valence-corrected chi connectivity index (χ2v) is 11.2. The van der Waals surface area contributed by atoms with E-state index in [2.05, 4.69) is 22.3 Å². The summed E-state index contributed by atoms with van der Waals surface area (Å²) in [5.74, 6) is -0.953. The van der Waals surface area contributed by atoms with Crippen LogP contribution in [0.25, 0.3) is 0 Å². The van der Waals surface area contributed by atoms with Crippen molar-refractivity contribution in [1.29, 1.82) is 0 Å². The summed E-state index contributed by atoms with van der Waals surface area (Å²) in [5, 5.41) is 5.40. The first-order valence-corrected chi connectivity index (χ1v) is 16.0. The van der Waals surface area contributed by atoms with Crippen molar-refractivity contribution in [3.05, 3.63) is 83.4 Å². The highest BCUT2D eigenvalue weighted by Gasteiger charge is 2.21. The van der Waals surface area contributed by atoms with Gasteiger partial charge in [0.05, 0.1) is 38.9 Å². The molecule has 2 N–H and O–H groups in total. The number of benzene rings is 3. The fourth-order valence-electron chi connectivity index (χ4n) is 4.68. The van der Waals surface area contributed by atoms with E-state index < -0.39 is 23.9 Å². The summed E-state index contributed by atoms with van der Waals surface area (Å²) in [7, 11) is 2.70. The molecule has 0 radical (unpaired) electrons. The summed E-state index contributed by atoms with van der Waals surface area (Å²) >= 11 is 0. The van der Waals surface area contributed by atoms with Crippen LogP contribution in [0.15, 0.2) is 66.7 Å². The van der Waals surface area contributed by atoms with Crippen molar-refractivity contribution in [3.8, 4) is 17.2 Å². The predicted molar refractivity (Wildman–Crippen MR) is 181 cm³/mol. The Morgan fingerprint density at radius 2 is 1.46 bits per heavy atom. The lowest BCUT2D eigenvalue weighted by molar-refractivity contribution is -0.141. The largest absolute Gasteiger partial charge is 0.494 e. The third-order valence-corrected chi connectivity index (χ3v) is 7.49. The molecular weight excluding hydrogens is 616 g/mol. The molecule has 1 atom stereocenters. The van der Waals surface area contributed by atoms with E-state index in [-0.39, 0.29) is 42.3 Å². The average molecular weight is 661 g/mol. The molecule has 0 fully saturated rings. The molecule has 0 saturated heterocycles. The number of anilines is 1. The normalized spacial score (nSPS) is 11.2. The lowest BCUT2D eigenvalue weighted by Gasteiger charge is -2.17. The third kappa shape index (κ3) is 12.2. The Morgan fingerprint density at radius 3 is 2.10 bits per heavy atom. The second kappa shape index (κ2) is 19.5. The highest BCUT2D eigenvalue weighted by Crippen LogP contribution is 2.30. The molecule has 0 aliphatic rings. The molecule has 0 bridgehead atoms. The molecule has 256 valence electrons. The molecule has 0 aromatic heterocycles. The lowest BCUT2D eigenvalue weighted by Crippen LogP contribution is -2.41. The van der Waals surface area contributed by atoms with E-state index >= 15 is 0 Å². The number of rotatable bonds is 19. The highest BCUT2D eigenvalue weighted by molar-refractivity contribution is 5.98. The number of nitrogens with one attached hydrogen (secondary N) is 2. The quantitative estimate of drug-likeness (QED) is 0.0887. The van der Waals surface area contributed by atoms with Gasteiger partial charge in [0.2, 0.25) is 5.91 Å². The van der Waals surface area contributed by atoms with Crippen molar-refractivity contribution in [1.82, 2.24) is 5.32 Å². The van der Waals surface area contributed by atoms with Gasteiger partial charge in [-0.2, -0.15) is 0 Å². The number of carbonyl (C=O) groups is 5. The number of esters is 2. The van der Waals surface area contributed by atoms with Crippen LogP contribution in [-0.2, 0) is 25.5 Å². The van der Waals surface area contributed by atoms with Gasteiger partial charge in [-0.3, -0.25) is 19.2 Å². The number of ketones is 1. The summed E-state index contributed by atoms with van der Waals surface area (Å²) in [6, 6.07) is 17.0. The molecule has 0 aliphatic carbocycles. The van der Waals surface area contributed by atoms with Crippen LogP contribution < -0.4 is 24.8 Å². The van der Waals surface area contributed by atoms with Crippen molar-refractivity contribution in [3.63, 3.8) is 0 Å². The van der Waals surface area contributed by atoms with E-state index in [4.69, 9.17) is 14.2 Å². The van der Waals surface area contributed by atoms with Crippen LogP contribution in [0.4, 0.5) is 5.69 Å². The Labute approximate surface area is 281 Å². The summed E-state index contributed by atoms with van der Waals surface area (Å²) in [6.45, 7) is 4.19. The molecule has 1 unspecified atom stereocenters. The summed E-state index contributed by atoms with van der Waals surface area (Å²) < 4.78 is 21.4. The first kappa shape index (κ1) is 37.3. The number of Topliss-reactive ketones (excluding diaryl/α,β-unsaturated/α-hetero) is 1. The van der Waals surface area contributed by atoms with Gasteiger partial charge < -0.3 is 29.6 Å². The molecule has 3 aromatic rings. The topological polar surface area (TPSA) is 146 Å². The number of hydrogen-bond donors (Lipinski definition) is 2. The van der Waals surface area contributed by atoms with Crippen LogP contribution in [0.1, 0.15) is 85.1 Å². The number of amides is 2. The molecule has 0 aliphatic heterocycles. The fourth-order valence-corrected chi connectivity index (χ4v) is 4.68. The molecule has 0 spiro atoms. The van der Waals surface area contributed by atoms with Crippen molar-refractivity contribution in [2.45, 2.75) is 71.3 Å². The number of carbonyl (C=O) groups excluding carboxylic acids is 5. The molecule has 11 nitrogen and oxygen atoms in total. The molecule has 2 amide bonds. The summed E-state index contributed by atoms with van der Waals surface area (Å²) in [4.78, 5) is 61.5. The number of unbranched alkanes of at least 4 members (excludes halogenated alkanes) is 4. The minimum absolute atomic E-state index is 0.0353. The highest BCUT2D eigenvalue weighted by atomic mass is 16.6. The zero-order valence-electron chi connectivity index (χ0n) is 28.0. The van der Waals surface area contributed by atoms with E-state index in [1.54, 1.807) is 54.6 Å². The van der Waals surface area contributed by atoms with Crippen molar-refractivity contribution >= 4 is 35.2 Å². The Hall–Kier alpha value is -5.19. The van der Waals surface area contributed by atoms with E-state index in [1.165, 1.54) is 52.5 Å². The zero-order valence-corrected chi connectivity index (χ0v) is 28.0. The maximum atomic E-state index is 13.0. The minimum atomic E-state index is -0.842. The van der Waals surface area contributed by atoms with E-state index in [0.29, 0.717) is 34.9 Å². The van der Waals surface area contributed by atoms with Crippen LogP contribution in [0.5, 0.6) is 17.2 Å². The van der Waals surface area contributed by atoms with Gasteiger partial charge in [-0.15, -0.1) is 0 Å². The summed E-state index contributed by atoms with van der Waals surface area (Å²) in [5.41, 5.74) is 1.76. The summed E-state index contributed by atoms with van der Waals surface area (Å²) in [6.07, 6.45) is 5.83. The van der Waals surface area contributed by atoms with Crippen molar-refractivity contribution < 1.29 is 42.9 Å². The van der Waals surface area contributed by atoms with Gasteiger partial charge in [0.1, 0.15) is 5.75 Å². The number of hydrogen-bond acceptors (Lipinski definition) is 9. The Morgan fingerprint density at radius 1 is 0.771 bits per heavy atom. The minimum Gasteiger partial charge on any atom is -0.494 e. The van der Waals surface area contributed by atoms with Crippen molar-refractivity contribution in [2.24, 2.45) is 0 Å². The maximum Gasteiger partial charge on any atom is 0.343 e. The van der Waals surface area contributed by atoms with E-state index in [1.807, 2.05) is 0 Å². The van der Waals surface area contributed by atoms with Gasteiger partial charge in [0.25, 0.3) is 5.91 Å². The molecule has 3 rings (SSSR count). The fraction of sp³-hybridized carbons (Fsp3) is 0.378. The van der Waals surface area contributed by atoms with Gasteiger partial charge in [-0.05, 0) is 86.0 Å². The Balaban J connectivity index is 1.56. The predicted octanol–water partition coefficient (Wildman–Crippen LogP) is 6.09. The first-order valence-electron chi connectivity index (χ1n) is 16.0. The van der Waals surface area contributed by atoms with Crippen LogP contribution in [0.2, 0.25) is 0 Å². The Kier molecular flexibility index (Phi) is 15.1. The smallest absolute Gasteiger partial charge is 0.343 e. The monoisotopic (exact) mass is 660 g/mol. The van der Waals surface area contributed by atoms with Crippen molar-refractivity contribution in [2.75, 3.05) is 26.1 Å². The van der Waals surface area contributed by atoms with Gasteiger partial charge in [0, 0.05) is 17.7 Å². The number of methoxy groups -OCH3 is 2. The first-order chi connectivity index (χ1) is 23.1. The molecule has 0 saturated carbocycles. The van der Waals surface area contributed by atoms with Gasteiger partial charge in [-0.1, -0.05) is 38.7 Å². The second-order valence-electron chi connectivity index (χ2n) is 11.2. The molecule has 3 aromatic carbocycles. The molecule has 48 heavy (non-hydrogen) atoms. The standard InChI is InChI=1S/C37H44N2O9/c1-5-6-7-8-9-22-47-30-17-13-28(14-18-30)37(44)48-32-19-10-26(24-33(32)45-3)23-31(25(2)40)39-36(43)27-11-15-29(16-12-27)38-34(41)20-21-35(42)46-4/h10-19,24,31H,5-9,20-23H2,1-4H3,(H,38,41)(H,39,43). The average Bonchev–Trinajstić information content (AvgIpc) is 3.09.